The van der Waals surface area contributed by atoms with Crippen molar-refractivity contribution in [3.63, 3.8) is 0 Å². The molecule has 14 heavy (non-hydrogen) atoms. The fourth-order valence-electron chi connectivity index (χ4n) is 1.06. The first-order chi connectivity index (χ1) is 6.63. The van der Waals surface area contributed by atoms with Gasteiger partial charge in [0, 0.05) is 20.3 Å². The van der Waals surface area contributed by atoms with E-state index >= 15 is 0 Å². The van der Waals surface area contributed by atoms with Crippen molar-refractivity contribution in [2.24, 2.45) is 0 Å². The highest BCUT2D eigenvalue weighted by Gasteiger charge is 2.03. The van der Waals surface area contributed by atoms with Crippen LogP contribution in [0.15, 0.2) is 16.6 Å². The van der Waals surface area contributed by atoms with Gasteiger partial charge in [-0.05, 0) is 34.5 Å². The molecule has 76 valence electrons. The molecule has 0 aliphatic heterocycles. The molecule has 0 amide bonds. The summed E-state index contributed by atoms with van der Waals surface area (Å²) in [6, 6.07) is 1.95. The lowest BCUT2D eigenvalue weighted by Crippen LogP contribution is -1.84. The molecule has 0 spiro atoms. The molecule has 0 fully saturated rings. The monoisotopic (exact) mass is 274 g/mol. The fraction of sp³-hybridized carbons (Fsp3) is 0.300. The van der Waals surface area contributed by atoms with E-state index in [4.69, 9.17) is 5.11 Å². The van der Waals surface area contributed by atoms with Gasteiger partial charge in [-0.2, -0.15) is 0 Å². The van der Waals surface area contributed by atoms with Crippen LogP contribution in [0.4, 0.5) is 0 Å². The Morgan fingerprint density at radius 2 is 2.43 bits per heavy atom. The highest BCUT2D eigenvalue weighted by atomic mass is 79.9. The molecular formula is C10H11BrO2S. The topological polar surface area (TPSA) is 37.3 Å². The number of aryl methyl sites for hydroxylation is 1. The highest BCUT2D eigenvalue weighted by Crippen LogP contribution is 2.29. The lowest BCUT2D eigenvalue weighted by molar-refractivity contribution is -0.131. The van der Waals surface area contributed by atoms with Gasteiger partial charge >= 0.3 is 5.97 Å². The number of carboxylic acids is 1. The van der Waals surface area contributed by atoms with Gasteiger partial charge in [0.05, 0.1) is 0 Å². The van der Waals surface area contributed by atoms with Gasteiger partial charge in [0.2, 0.25) is 0 Å². The Kier molecular flexibility index (Phi) is 4.35. The number of thiophene rings is 1. The van der Waals surface area contributed by atoms with Crippen LogP contribution in [-0.4, -0.2) is 11.1 Å². The van der Waals surface area contributed by atoms with Gasteiger partial charge in [0.1, 0.15) is 0 Å². The van der Waals surface area contributed by atoms with Gasteiger partial charge in [0.25, 0.3) is 0 Å². The maximum absolute atomic E-state index is 10.3. The maximum Gasteiger partial charge on any atom is 0.328 e. The number of hydrogen-bond donors (Lipinski definition) is 1. The first kappa shape index (κ1) is 11.5. The third kappa shape index (κ3) is 3.27. The van der Waals surface area contributed by atoms with Crippen molar-refractivity contribution in [3.8, 4) is 0 Å². The Labute approximate surface area is 95.4 Å². The molecule has 0 aromatic carbocycles. The van der Waals surface area contributed by atoms with E-state index in [1.165, 1.54) is 4.88 Å². The van der Waals surface area contributed by atoms with Crippen LogP contribution in [0.1, 0.15) is 23.1 Å². The van der Waals surface area contributed by atoms with E-state index in [9.17, 15) is 4.79 Å². The molecule has 0 atom stereocenters. The Bertz CT molecular complexity index is 355. The van der Waals surface area contributed by atoms with Crippen molar-refractivity contribution in [3.05, 3.63) is 26.4 Å². The molecule has 1 rings (SSSR count). The number of carboxylic acid groups (broad SMARTS) is 1. The largest absolute Gasteiger partial charge is 0.478 e. The van der Waals surface area contributed by atoms with Crippen LogP contribution in [0.3, 0.4) is 0 Å². The zero-order valence-electron chi connectivity index (χ0n) is 7.79. The number of halogens is 1. The molecule has 4 heteroatoms. The fourth-order valence-corrected chi connectivity index (χ4v) is 2.96. The lowest BCUT2D eigenvalue weighted by atomic mass is 10.3. The molecule has 0 radical (unpaired) electrons. The quantitative estimate of drug-likeness (QED) is 0.853. The van der Waals surface area contributed by atoms with Crippen LogP contribution in [0, 0.1) is 0 Å². The minimum Gasteiger partial charge on any atom is -0.478 e. The van der Waals surface area contributed by atoms with Crippen LogP contribution >= 0.6 is 27.3 Å². The van der Waals surface area contributed by atoms with Crippen LogP contribution in [0.2, 0.25) is 0 Å². The molecule has 1 aromatic rings. The predicted octanol–water partition coefficient (Wildman–Crippen LogP) is 3.56. The van der Waals surface area contributed by atoms with Crippen molar-refractivity contribution in [2.75, 3.05) is 0 Å². The zero-order chi connectivity index (χ0) is 10.6. The summed E-state index contributed by atoms with van der Waals surface area (Å²) >= 11 is 5.08. The lowest BCUT2D eigenvalue weighted by Gasteiger charge is -1.91. The van der Waals surface area contributed by atoms with Crippen LogP contribution in [-0.2, 0) is 11.2 Å². The normalized spacial score (nSPS) is 11.0. The number of aliphatic carboxylic acids is 1. The van der Waals surface area contributed by atoms with E-state index in [1.807, 2.05) is 6.07 Å². The summed E-state index contributed by atoms with van der Waals surface area (Å²) in [5, 5.41) is 8.46. The molecule has 1 N–H and O–H groups in total. The molecule has 1 aromatic heterocycles. The Morgan fingerprint density at radius 1 is 1.71 bits per heavy atom. The van der Waals surface area contributed by atoms with Crippen molar-refractivity contribution >= 4 is 39.3 Å². The van der Waals surface area contributed by atoms with Crippen LogP contribution in [0.25, 0.3) is 6.08 Å². The van der Waals surface area contributed by atoms with E-state index in [0.717, 1.165) is 28.3 Å². The number of rotatable bonds is 4. The molecule has 0 aliphatic rings. The second kappa shape index (κ2) is 5.32. The van der Waals surface area contributed by atoms with Crippen LogP contribution < -0.4 is 0 Å². The molecule has 0 saturated heterocycles. The predicted molar refractivity (Wildman–Crippen MR) is 62.7 cm³/mol. The SMILES string of the molecule is CCCc1sc(/C=C/C(=O)O)cc1Br. The van der Waals surface area contributed by atoms with Gasteiger partial charge in [0.15, 0.2) is 0 Å². The molecule has 0 aliphatic carbocycles. The zero-order valence-corrected chi connectivity index (χ0v) is 10.2. The van der Waals surface area contributed by atoms with Crippen molar-refractivity contribution in [1.29, 1.82) is 0 Å². The third-order valence-electron chi connectivity index (χ3n) is 1.64. The summed E-state index contributed by atoms with van der Waals surface area (Å²) in [7, 11) is 0. The van der Waals surface area contributed by atoms with Gasteiger partial charge in [-0.3, -0.25) is 0 Å². The smallest absolute Gasteiger partial charge is 0.328 e. The Hall–Kier alpha value is -0.610. The number of hydrogen-bond acceptors (Lipinski definition) is 2. The molecule has 0 saturated carbocycles. The summed E-state index contributed by atoms with van der Waals surface area (Å²) in [5.41, 5.74) is 0. The van der Waals surface area contributed by atoms with Crippen molar-refractivity contribution in [1.82, 2.24) is 0 Å². The molecule has 0 unspecified atom stereocenters. The third-order valence-corrected chi connectivity index (χ3v) is 3.77. The second-order valence-electron chi connectivity index (χ2n) is 2.84. The van der Waals surface area contributed by atoms with E-state index in [1.54, 1.807) is 17.4 Å². The second-order valence-corrected chi connectivity index (χ2v) is 4.86. The van der Waals surface area contributed by atoms with E-state index in [2.05, 4.69) is 22.9 Å². The molecule has 0 bridgehead atoms. The van der Waals surface area contributed by atoms with E-state index in [-0.39, 0.29) is 0 Å². The average Bonchev–Trinajstić information content (AvgIpc) is 2.45. The summed E-state index contributed by atoms with van der Waals surface area (Å²) in [6.07, 6.45) is 4.91. The number of carbonyl (C=O) groups is 1. The van der Waals surface area contributed by atoms with Crippen LogP contribution in [0.5, 0.6) is 0 Å². The Balaban J connectivity index is 2.80. The average molecular weight is 275 g/mol. The standard InChI is InChI=1S/C10H11BrO2S/c1-2-3-9-8(11)6-7(14-9)4-5-10(12)13/h4-6H,2-3H2,1H3,(H,12,13)/b5-4+. The Morgan fingerprint density at radius 3 is 3.00 bits per heavy atom. The minimum absolute atomic E-state index is 0.911. The summed E-state index contributed by atoms with van der Waals surface area (Å²) in [6.45, 7) is 2.12. The minimum atomic E-state index is -0.911. The highest BCUT2D eigenvalue weighted by molar-refractivity contribution is 9.10. The van der Waals surface area contributed by atoms with Gasteiger partial charge < -0.3 is 5.11 Å². The first-order valence-corrected chi connectivity index (χ1v) is 5.93. The summed E-state index contributed by atoms with van der Waals surface area (Å²) in [4.78, 5) is 12.5. The first-order valence-electron chi connectivity index (χ1n) is 4.32. The van der Waals surface area contributed by atoms with E-state index in [0.29, 0.717) is 0 Å². The molecular weight excluding hydrogens is 264 g/mol. The summed E-state index contributed by atoms with van der Waals surface area (Å²) < 4.78 is 1.08. The van der Waals surface area contributed by atoms with Crippen molar-refractivity contribution < 1.29 is 9.90 Å². The summed E-state index contributed by atoms with van der Waals surface area (Å²) in [5.74, 6) is -0.911. The van der Waals surface area contributed by atoms with Crippen molar-refractivity contribution in [2.45, 2.75) is 19.8 Å². The molecule has 1 heterocycles. The molecule has 2 nitrogen and oxygen atoms in total. The maximum atomic E-state index is 10.3. The van der Waals surface area contributed by atoms with Gasteiger partial charge in [-0.25, -0.2) is 4.79 Å². The van der Waals surface area contributed by atoms with Gasteiger partial charge in [-0.1, -0.05) is 13.3 Å². The van der Waals surface area contributed by atoms with Gasteiger partial charge in [-0.15, -0.1) is 11.3 Å². The van der Waals surface area contributed by atoms with E-state index < -0.39 is 5.97 Å².